The SMILES string of the molecule is O=C(O)C1CCC(Nc2snc3ccccc23)CC1. The summed E-state index contributed by atoms with van der Waals surface area (Å²) in [6.07, 6.45) is 3.37. The summed E-state index contributed by atoms with van der Waals surface area (Å²) in [6, 6.07) is 8.47. The molecule has 100 valence electrons. The monoisotopic (exact) mass is 276 g/mol. The summed E-state index contributed by atoms with van der Waals surface area (Å²) in [6.45, 7) is 0. The molecular formula is C14H16N2O2S. The molecular weight excluding hydrogens is 260 g/mol. The van der Waals surface area contributed by atoms with Crippen LogP contribution in [0.15, 0.2) is 24.3 Å². The molecule has 1 aromatic heterocycles. The van der Waals surface area contributed by atoms with E-state index in [4.69, 9.17) is 5.11 Å². The maximum atomic E-state index is 10.9. The Bertz CT molecular complexity index is 588. The van der Waals surface area contributed by atoms with Crippen LogP contribution in [0, 0.1) is 5.92 Å². The predicted molar refractivity (Wildman–Crippen MR) is 76.6 cm³/mol. The van der Waals surface area contributed by atoms with Gasteiger partial charge in [-0.3, -0.25) is 4.79 Å². The van der Waals surface area contributed by atoms with E-state index in [9.17, 15) is 4.79 Å². The fraction of sp³-hybridized carbons (Fsp3) is 0.429. The highest BCUT2D eigenvalue weighted by Crippen LogP contribution is 2.32. The van der Waals surface area contributed by atoms with Crippen LogP contribution in [0.4, 0.5) is 5.00 Å². The first kappa shape index (κ1) is 12.4. The van der Waals surface area contributed by atoms with Gasteiger partial charge in [-0.25, -0.2) is 0 Å². The second-order valence-electron chi connectivity index (χ2n) is 5.06. The van der Waals surface area contributed by atoms with Gasteiger partial charge >= 0.3 is 5.97 Å². The number of aliphatic carboxylic acids is 1. The zero-order chi connectivity index (χ0) is 13.2. The highest BCUT2D eigenvalue weighted by molar-refractivity contribution is 7.11. The van der Waals surface area contributed by atoms with Crippen molar-refractivity contribution >= 4 is 33.4 Å². The molecule has 4 nitrogen and oxygen atoms in total. The molecule has 0 saturated heterocycles. The quantitative estimate of drug-likeness (QED) is 0.902. The molecule has 2 aromatic rings. The summed E-state index contributed by atoms with van der Waals surface area (Å²) in [5.41, 5.74) is 1.02. The molecule has 0 amide bonds. The van der Waals surface area contributed by atoms with Gasteiger partial charge in [0.05, 0.1) is 11.4 Å². The molecule has 19 heavy (non-hydrogen) atoms. The first-order valence-corrected chi connectivity index (χ1v) is 7.35. The number of nitrogens with zero attached hydrogens (tertiary/aromatic N) is 1. The highest BCUT2D eigenvalue weighted by Gasteiger charge is 2.26. The van der Waals surface area contributed by atoms with Gasteiger partial charge in [0.2, 0.25) is 0 Å². The first-order chi connectivity index (χ1) is 9.24. The molecule has 1 saturated carbocycles. The maximum absolute atomic E-state index is 10.9. The fourth-order valence-corrected chi connectivity index (χ4v) is 3.50. The van der Waals surface area contributed by atoms with Crippen LogP contribution in [0.25, 0.3) is 10.9 Å². The largest absolute Gasteiger partial charge is 0.481 e. The van der Waals surface area contributed by atoms with Gasteiger partial charge in [0, 0.05) is 11.4 Å². The van der Waals surface area contributed by atoms with Gasteiger partial charge < -0.3 is 10.4 Å². The number of fused-ring (bicyclic) bond motifs is 1. The van der Waals surface area contributed by atoms with Crippen LogP contribution >= 0.6 is 11.5 Å². The van der Waals surface area contributed by atoms with Gasteiger partial charge in [-0.1, -0.05) is 12.1 Å². The van der Waals surface area contributed by atoms with Crippen LogP contribution in [-0.2, 0) is 4.79 Å². The smallest absolute Gasteiger partial charge is 0.306 e. The molecule has 1 aromatic carbocycles. The first-order valence-electron chi connectivity index (χ1n) is 6.58. The van der Waals surface area contributed by atoms with Gasteiger partial charge in [-0.05, 0) is 49.3 Å². The average Bonchev–Trinajstić information content (AvgIpc) is 2.83. The van der Waals surface area contributed by atoms with Crippen molar-refractivity contribution in [1.82, 2.24) is 4.37 Å². The molecule has 3 rings (SSSR count). The predicted octanol–water partition coefficient (Wildman–Crippen LogP) is 3.35. The summed E-state index contributed by atoms with van der Waals surface area (Å²) in [4.78, 5) is 10.9. The van der Waals surface area contributed by atoms with Gasteiger partial charge in [-0.15, -0.1) is 0 Å². The summed E-state index contributed by atoms with van der Waals surface area (Å²) in [5.74, 6) is -0.807. The van der Waals surface area contributed by atoms with E-state index in [2.05, 4.69) is 15.8 Å². The van der Waals surface area contributed by atoms with Crippen molar-refractivity contribution < 1.29 is 9.90 Å². The Labute approximate surface area is 115 Å². The molecule has 1 heterocycles. The lowest BCUT2D eigenvalue weighted by Crippen LogP contribution is -2.29. The van der Waals surface area contributed by atoms with Crippen molar-refractivity contribution in [3.05, 3.63) is 24.3 Å². The molecule has 0 aliphatic heterocycles. The lowest BCUT2D eigenvalue weighted by Gasteiger charge is -2.27. The van der Waals surface area contributed by atoms with Crippen LogP contribution in [0.2, 0.25) is 0 Å². The normalized spacial score (nSPS) is 23.4. The number of hydrogen-bond donors (Lipinski definition) is 2. The number of nitrogens with one attached hydrogen (secondary N) is 1. The number of aromatic nitrogens is 1. The molecule has 1 fully saturated rings. The van der Waals surface area contributed by atoms with Crippen LogP contribution in [-0.4, -0.2) is 21.5 Å². The van der Waals surface area contributed by atoms with Gasteiger partial charge in [0.25, 0.3) is 0 Å². The van der Waals surface area contributed by atoms with Gasteiger partial charge in [0.1, 0.15) is 5.00 Å². The third-order valence-electron chi connectivity index (χ3n) is 3.80. The Morgan fingerprint density at radius 1 is 1.26 bits per heavy atom. The van der Waals surface area contributed by atoms with E-state index in [-0.39, 0.29) is 5.92 Å². The van der Waals surface area contributed by atoms with E-state index in [1.54, 1.807) is 0 Å². The summed E-state index contributed by atoms with van der Waals surface area (Å²) in [5, 5.41) is 14.8. The topological polar surface area (TPSA) is 62.2 Å². The van der Waals surface area contributed by atoms with E-state index in [0.29, 0.717) is 6.04 Å². The van der Waals surface area contributed by atoms with Crippen molar-refractivity contribution in [2.75, 3.05) is 5.32 Å². The van der Waals surface area contributed by atoms with E-state index in [0.717, 1.165) is 41.6 Å². The average molecular weight is 276 g/mol. The van der Waals surface area contributed by atoms with Crippen molar-refractivity contribution in [2.24, 2.45) is 5.92 Å². The summed E-state index contributed by atoms with van der Waals surface area (Å²) < 4.78 is 4.41. The number of carbonyl (C=O) groups is 1. The van der Waals surface area contributed by atoms with Gasteiger partial charge in [-0.2, -0.15) is 4.37 Å². The fourth-order valence-electron chi connectivity index (χ4n) is 2.66. The lowest BCUT2D eigenvalue weighted by atomic mass is 9.86. The Morgan fingerprint density at radius 3 is 2.74 bits per heavy atom. The lowest BCUT2D eigenvalue weighted by molar-refractivity contribution is -0.142. The molecule has 0 atom stereocenters. The van der Waals surface area contributed by atoms with Crippen molar-refractivity contribution in [2.45, 2.75) is 31.7 Å². The Kier molecular flexibility index (Phi) is 3.38. The standard InChI is InChI=1S/C14H16N2O2S/c17-14(18)9-5-7-10(8-6-9)15-13-11-3-1-2-4-12(11)16-19-13/h1-4,9-10,15H,5-8H2,(H,17,18). The number of benzene rings is 1. The summed E-state index contributed by atoms with van der Waals surface area (Å²) in [7, 11) is 0. The van der Waals surface area contributed by atoms with Crippen LogP contribution in [0.5, 0.6) is 0 Å². The van der Waals surface area contributed by atoms with E-state index in [1.807, 2.05) is 18.2 Å². The summed E-state index contributed by atoms with van der Waals surface area (Å²) >= 11 is 1.49. The minimum atomic E-state index is -0.651. The zero-order valence-electron chi connectivity index (χ0n) is 10.5. The number of hydrogen-bond acceptors (Lipinski definition) is 4. The maximum Gasteiger partial charge on any atom is 0.306 e. The molecule has 0 unspecified atom stereocenters. The molecule has 1 aliphatic carbocycles. The molecule has 1 aliphatic rings. The Balaban J connectivity index is 1.68. The Morgan fingerprint density at radius 2 is 2.00 bits per heavy atom. The van der Waals surface area contributed by atoms with Crippen LogP contribution in [0.3, 0.4) is 0 Å². The molecule has 0 radical (unpaired) electrons. The second-order valence-corrected chi connectivity index (χ2v) is 5.83. The van der Waals surface area contributed by atoms with E-state index in [1.165, 1.54) is 11.5 Å². The Hall–Kier alpha value is -1.62. The minimum Gasteiger partial charge on any atom is -0.481 e. The number of carboxylic acid groups (broad SMARTS) is 1. The van der Waals surface area contributed by atoms with Crippen LogP contribution < -0.4 is 5.32 Å². The number of carboxylic acids is 1. The van der Waals surface area contributed by atoms with Crippen molar-refractivity contribution in [3.8, 4) is 0 Å². The number of anilines is 1. The van der Waals surface area contributed by atoms with Crippen LogP contribution in [0.1, 0.15) is 25.7 Å². The zero-order valence-corrected chi connectivity index (χ0v) is 11.3. The highest BCUT2D eigenvalue weighted by atomic mass is 32.1. The third kappa shape index (κ3) is 2.56. The third-order valence-corrected chi connectivity index (χ3v) is 4.60. The van der Waals surface area contributed by atoms with Crippen molar-refractivity contribution in [3.63, 3.8) is 0 Å². The van der Waals surface area contributed by atoms with E-state index < -0.39 is 5.97 Å². The van der Waals surface area contributed by atoms with E-state index >= 15 is 0 Å². The second kappa shape index (κ2) is 5.17. The minimum absolute atomic E-state index is 0.156. The molecule has 0 spiro atoms. The number of rotatable bonds is 3. The molecule has 5 heteroatoms. The molecule has 0 bridgehead atoms. The van der Waals surface area contributed by atoms with Crippen molar-refractivity contribution in [1.29, 1.82) is 0 Å². The molecule has 2 N–H and O–H groups in total. The van der Waals surface area contributed by atoms with Gasteiger partial charge in [0.15, 0.2) is 0 Å².